The first-order valence-electron chi connectivity index (χ1n) is 9.55. The fourth-order valence-electron chi connectivity index (χ4n) is 4.43. The van der Waals surface area contributed by atoms with Gasteiger partial charge < -0.3 is 9.47 Å². The number of imide groups is 1. The standard InChI is InChI=1S/C21H19N5O4/c1-24-20(28)15-10-25(21(24)29)11-16-17(15)14-3-2-8-22-18(14)26(16)9-12-4-6-13(7-5-12)19(27)23-30/h2-8,15,30H,9-11H2,1H3,(H,23,27). The second-order valence-electron chi connectivity index (χ2n) is 7.57. The molecule has 1 unspecified atom stereocenters. The molecule has 2 aromatic heterocycles. The molecule has 0 radical (unpaired) electrons. The van der Waals surface area contributed by atoms with Gasteiger partial charge in [0, 0.05) is 43.0 Å². The van der Waals surface area contributed by atoms with E-state index in [0.29, 0.717) is 25.2 Å². The molecular formula is C21H19N5O4. The SMILES string of the molecule is CN1C(=O)C2CN(Cc3c2c2cccnc2n3Cc2ccc(C(=O)NO)cc2)C1=O. The van der Waals surface area contributed by atoms with Gasteiger partial charge >= 0.3 is 6.03 Å². The van der Waals surface area contributed by atoms with E-state index in [-0.39, 0.29) is 11.9 Å². The molecule has 1 saturated heterocycles. The van der Waals surface area contributed by atoms with E-state index in [9.17, 15) is 14.4 Å². The van der Waals surface area contributed by atoms with E-state index in [1.165, 1.54) is 11.9 Å². The predicted octanol–water partition coefficient (Wildman–Crippen LogP) is 1.69. The van der Waals surface area contributed by atoms with Gasteiger partial charge in [-0.15, -0.1) is 0 Å². The summed E-state index contributed by atoms with van der Waals surface area (Å²) in [6, 6.07) is 10.4. The van der Waals surface area contributed by atoms with E-state index in [1.54, 1.807) is 40.8 Å². The van der Waals surface area contributed by atoms with Crippen molar-refractivity contribution in [3.63, 3.8) is 0 Å². The maximum Gasteiger partial charge on any atom is 0.326 e. The van der Waals surface area contributed by atoms with Crippen LogP contribution in [-0.2, 0) is 17.9 Å². The number of rotatable bonds is 3. The minimum atomic E-state index is -0.575. The van der Waals surface area contributed by atoms with Crippen molar-refractivity contribution in [2.75, 3.05) is 13.6 Å². The van der Waals surface area contributed by atoms with Crippen molar-refractivity contribution in [3.05, 3.63) is 65.0 Å². The third kappa shape index (κ3) is 2.59. The lowest BCUT2D eigenvalue weighted by Crippen LogP contribution is -2.56. The number of nitrogens with zero attached hydrogens (tertiary/aromatic N) is 4. The van der Waals surface area contributed by atoms with Crippen LogP contribution in [0.25, 0.3) is 11.0 Å². The lowest BCUT2D eigenvalue weighted by molar-refractivity contribution is -0.132. The number of hydrogen-bond donors (Lipinski definition) is 2. The molecule has 152 valence electrons. The highest BCUT2D eigenvalue weighted by Crippen LogP contribution is 2.40. The van der Waals surface area contributed by atoms with Crippen molar-refractivity contribution >= 4 is 28.9 Å². The van der Waals surface area contributed by atoms with Gasteiger partial charge in [0.15, 0.2) is 0 Å². The molecule has 4 amide bonds. The van der Waals surface area contributed by atoms with Crippen LogP contribution in [0.4, 0.5) is 4.79 Å². The summed E-state index contributed by atoms with van der Waals surface area (Å²) in [5.74, 6) is -1.17. The Morgan fingerprint density at radius 2 is 2.00 bits per heavy atom. The summed E-state index contributed by atoms with van der Waals surface area (Å²) in [5, 5.41) is 9.70. The Kier molecular flexibility index (Phi) is 4.07. The molecule has 9 heteroatoms. The summed E-state index contributed by atoms with van der Waals surface area (Å²) in [4.78, 5) is 44.4. The average Bonchev–Trinajstić information content (AvgIpc) is 3.09. The van der Waals surface area contributed by atoms with Crippen molar-refractivity contribution in [2.45, 2.75) is 19.0 Å². The highest BCUT2D eigenvalue weighted by atomic mass is 16.5. The van der Waals surface area contributed by atoms with Crippen molar-refractivity contribution in [1.29, 1.82) is 0 Å². The second kappa shape index (κ2) is 6.67. The van der Waals surface area contributed by atoms with Gasteiger partial charge in [-0.25, -0.2) is 15.3 Å². The molecule has 3 aromatic rings. The zero-order valence-corrected chi connectivity index (χ0v) is 16.2. The topological polar surface area (TPSA) is 108 Å². The molecule has 1 atom stereocenters. The minimum Gasteiger partial charge on any atom is -0.323 e. The average molecular weight is 405 g/mol. The van der Waals surface area contributed by atoms with Crippen molar-refractivity contribution in [3.8, 4) is 0 Å². The molecule has 0 spiro atoms. The summed E-state index contributed by atoms with van der Waals surface area (Å²) in [6.45, 7) is 1.26. The Morgan fingerprint density at radius 3 is 2.73 bits per heavy atom. The Hall–Kier alpha value is -3.72. The highest BCUT2D eigenvalue weighted by molar-refractivity contribution is 6.03. The van der Waals surface area contributed by atoms with Gasteiger partial charge in [-0.3, -0.25) is 19.7 Å². The minimum absolute atomic E-state index is 0.195. The van der Waals surface area contributed by atoms with E-state index in [1.807, 2.05) is 16.7 Å². The normalized spacial score (nSPS) is 18.0. The zero-order valence-electron chi connectivity index (χ0n) is 16.2. The molecule has 1 fully saturated rings. The number of benzene rings is 1. The third-order valence-corrected chi connectivity index (χ3v) is 5.91. The molecule has 2 bridgehead atoms. The molecule has 2 aliphatic heterocycles. The van der Waals surface area contributed by atoms with Crippen molar-refractivity contribution in [1.82, 2.24) is 24.8 Å². The van der Waals surface area contributed by atoms with Gasteiger partial charge in [-0.1, -0.05) is 12.1 Å². The van der Waals surface area contributed by atoms with Gasteiger partial charge in [0.1, 0.15) is 5.65 Å². The van der Waals surface area contributed by atoms with Gasteiger partial charge in [0.25, 0.3) is 5.91 Å². The lowest BCUT2D eigenvalue weighted by atomic mass is 9.89. The summed E-state index contributed by atoms with van der Waals surface area (Å²) < 4.78 is 2.04. The first-order valence-corrected chi connectivity index (χ1v) is 9.55. The number of carbonyl (C=O) groups is 3. The molecule has 5 rings (SSSR count). The highest BCUT2D eigenvalue weighted by Gasteiger charge is 2.44. The maximum absolute atomic E-state index is 12.8. The van der Waals surface area contributed by atoms with Crippen LogP contribution in [0, 0.1) is 0 Å². The van der Waals surface area contributed by atoms with Crippen molar-refractivity contribution in [2.24, 2.45) is 0 Å². The van der Waals surface area contributed by atoms with Crippen LogP contribution in [0.15, 0.2) is 42.6 Å². The number of pyridine rings is 1. The lowest BCUT2D eigenvalue weighted by Gasteiger charge is -2.41. The summed E-state index contributed by atoms with van der Waals surface area (Å²) in [6.07, 6.45) is 1.71. The molecule has 2 aliphatic rings. The van der Waals surface area contributed by atoms with Crippen LogP contribution in [0.2, 0.25) is 0 Å². The van der Waals surface area contributed by atoms with Crippen LogP contribution < -0.4 is 5.48 Å². The molecule has 0 aliphatic carbocycles. The fraction of sp³-hybridized carbons (Fsp3) is 0.238. The zero-order chi connectivity index (χ0) is 21.0. The molecular weight excluding hydrogens is 386 g/mol. The van der Waals surface area contributed by atoms with Gasteiger partial charge in [0.2, 0.25) is 5.91 Å². The van der Waals surface area contributed by atoms with E-state index in [4.69, 9.17) is 5.21 Å². The number of urea groups is 1. The quantitative estimate of drug-likeness (QED) is 0.509. The number of hydrogen-bond acceptors (Lipinski definition) is 5. The van der Waals surface area contributed by atoms with E-state index in [2.05, 4.69) is 4.98 Å². The molecule has 2 N–H and O–H groups in total. The number of carbonyl (C=O) groups excluding carboxylic acids is 3. The second-order valence-corrected chi connectivity index (χ2v) is 7.57. The molecule has 4 heterocycles. The predicted molar refractivity (Wildman–Crippen MR) is 106 cm³/mol. The third-order valence-electron chi connectivity index (χ3n) is 5.91. The van der Waals surface area contributed by atoms with Crippen LogP contribution in [0.5, 0.6) is 0 Å². The smallest absolute Gasteiger partial charge is 0.323 e. The van der Waals surface area contributed by atoms with Crippen LogP contribution >= 0.6 is 0 Å². The number of likely N-dealkylation sites (N-methyl/N-ethyl adjacent to an activating group) is 1. The van der Waals surface area contributed by atoms with E-state index >= 15 is 0 Å². The van der Waals surface area contributed by atoms with Crippen molar-refractivity contribution < 1.29 is 19.6 Å². The maximum atomic E-state index is 12.8. The summed E-state index contributed by atoms with van der Waals surface area (Å²) in [5.41, 5.74) is 5.50. The first kappa shape index (κ1) is 18.3. The number of fused-ring (bicyclic) bond motifs is 6. The van der Waals surface area contributed by atoms with Gasteiger partial charge in [-0.05, 0) is 35.4 Å². The molecule has 9 nitrogen and oxygen atoms in total. The largest absolute Gasteiger partial charge is 0.326 e. The Morgan fingerprint density at radius 1 is 1.23 bits per heavy atom. The monoisotopic (exact) mass is 405 g/mol. The number of amides is 4. The van der Waals surface area contributed by atoms with Crippen LogP contribution in [0.3, 0.4) is 0 Å². The summed E-state index contributed by atoms with van der Waals surface area (Å²) >= 11 is 0. The van der Waals surface area contributed by atoms with Gasteiger partial charge in [0.05, 0.1) is 12.5 Å². The van der Waals surface area contributed by atoms with E-state index in [0.717, 1.165) is 27.9 Å². The molecule has 30 heavy (non-hydrogen) atoms. The number of aromatic nitrogens is 2. The Bertz CT molecular complexity index is 1200. The number of hydroxylamine groups is 1. The molecule has 0 saturated carbocycles. The number of nitrogens with one attached hydrogen (secondary N) is 1. The fourth-order valence-corrected chi connectivity index (χ4v) is 4.43. The van der Waals surface area contributed by atoms with Gasteiger partial charge in [-0.2, -0.15) is 0 Å². The summed E-state index contributed by atoms with van der Waals surface area (Å²) in [7, 11) is 1.52. The molecule has 1 aromatic carbocycles. The Balaban J connectivity index is 1.62. The van der Waals surface area contributed by atoms with Crippen LogP contribution in [-0.4, -0.2) is 56.0 Å². The Labute approximate surface area is 171 Å². The first-order chi connectivity index (χ1) is 14.5. The van der Waals surface area contributed by atoms with E-state index < -0.39 is 11.8 Å². The van der Waals surface area contributed by atoms with Crippen LogP contribution in [0.1, 0.15) is 33.1 Å².